The van der Waals surface area contributed by atoms with Gasteiger partial charge in [-0.2, -0.15) is 0 Å². The zero-order valence-corrected chi connectivity index (χ0v) is 8.90. The molecule has 0 fully saturated rings. The first-order valence-electron chi connectivity index (χ1n) is 4.08. The molecule has 0 aliphatic carbocycles. The van der Waals surface area contributed by atoms with Gasteiger partial charge in [-0.1, -0.05) is 20.8 Å². The lowest BCUT2D eigenvalue weighted by Crippen LogP contribution is -2.27. The summed E-state index contributed by atoms with van der Waals surface area (Å²) in [5.74, 6) is 0. The summed E-state index contributed by atoms with van der Waals surface area (Å²) in [5, 5.41) is 0. The van der Waals surface area contributed by atoms with Gasteiger partial charge < -0.3 is 5.73 Å². The topological polar surface area (TPSA) is 38.9 Å². The molecule has 1 aromatic rings. The summed E-state index contributed by atoms with van der Waals surface area (Å²) in [7, 11) is 0. The molecule has 0 radical (unpaired) electrons. The lowest BCUT2D eigenvalue weighted by atomic mass is 9.85. The number of thiazole rings is 1. The van der Waals surface area contributed by atoms with Gasteiger partial charge in [-0.3, -0.25) is 0 Å². The third-order valence-electron chi connectivity index (χ3n) is 2.01. The van der Waals surface area contributed by atoms with E-state index in [-0.39, 0.29) is 11.5 Å². The van der Waals surface area contributed by atoms with Gasteiger partial charge in [-0.25, -0.2) is 4.98 Å². The quantitative estimate of drug-likeness (QED) is 0.728. The van der Waals surface area contributed by atoms with E-state index in [0.717, 1.165) is 5.69 Å². The van der Waals surface area contributed by atoms with Crippen LogP contribution in [0.3, 0.4) is 0 Å². The maximum absolute atomic E-state index is 6.06. The largest absolute Gasteiger partial charge is 0.322 e. The van der Waals surface area contributed by atoms with Crippen LogP contribution >= 0.6 is 11.3 Å². The predicted molar refractivity (Wildman–Crippen MR) is 53.2 cm³/mol. The van der Waals surface area contributed by atoms with Crippen molar-refractivity contribution in [3.63, 3.8) is 0 Å². The monoisotopic (exact) mass is 184 g/mol. The Morgan fingerprint density at radius 2 is 2.08 bits per heavy atom. The second-order valence-electron chi connectivity index (χ2n) is 4.14. The summed E-state index contributed by atoms with van der Waals surface area (Å²) >= 11 is 1.66. The van der Waals surface area contributed by atoms with E-state index in [1.54, 1.807) is 11.3 Å². The number of hydrogen-bond acceptors (Lipinski definition) is 3. The third-order valence-corrected chi connectivity index (χ3v) is 2.78. The normalized spacial score (nSPS) is 14.8. The number of nitrogens with zero attached hydrogens (tertiary/aromatic N) is 1. The third kappa shape index (κ3) is 1.84. The summed E-state index contributed by atoms with van der Waals surface area (Å²) in [6.45, 7) is 8.47. The second-order valence-corrected chi connectivity index (χ2v) is 5.20. The summed E-state index contributed by atoms with van der Waals surface area (Å²) in [6.07, 6.45) is 0. The molecule has 1 aromatic heterocycles. The van der Waals surface area contributed by atoms with Crippen LogP contribution in [0.25, 0.3) is 0 Å². The molecule has 1 unspecified atom stereocenters. The highest BCUT2D eigenvalue weighted by atomic mass is 32.1. The Balaban J connectivity index is 2.92. The van der Waals surface area contributed by atoms with Gasteiger partial charge in [-0.05, 0) is 12.3 Å². The van der Waals surface area contributed by atoms with E-state index in [2.05, 4.69) is 32.7 Å². The van der Waals surface area contributed by atoms with Gasteiger partial charge in [0.05, 0.1) is 17.2 Å². The highest BCUT2D eigenvalue weighted by Crippen LogP contribution is 2.32. The van der Waals surface area contributed by atoms with Crippen LogP contribution in [-0.4, -0.2) is 4.98 Å². The summed E-state index contributed by atoms with van der Waals surface area (Å²) in [5.41, 5.74) is 9.06. The number of hydrogen-bond donors (Lipinski definition) is 1. The second kappa shape index (κ2) is 3.15. The lowest BCUT2D eigenvalue weighted by molar-refractivity contribution is 0.321. The van der Waals surface area contributed by atoms with Crippen molar-refractivity contribution in [2.75, 3.05) is 0 Å². The van der Waals surface area contributed by atoms with Crippen molar-refractivity contribution in [2.45, 2.75) is 33.7 Å². The van der Waals surface area contributed by atoms with E-state index in [4.69, 9.17) is 5.73 Å². The molecule has 0 aliphatic rings. The first-order chi connectivity index (χ1) is 5.43. The number of aryl methyl sites for hydroxylation is 1. The first-order valence-corrected chi connectivity index (χ1v) is 4.96. The van der Waals surface area contributed by atoms with E-state index >= 15 is 0 Å². The van der Waals surface area contributed by atoms with E-state index in [0.29, 0.717) is 0 Å². The molecule has 68 valence electrons. The molecule has 0 bridgehead atoms. The minimum atomic E-state index is 0.0451. The molecule has 2 N–H and O–H groups in total. The Morgan fingerprint density at radius 1 is 1.50 bits per heavy atom. The fraction of sp³-hybridized carbons (Fsp3) is 0.667. The molecule has 2 nitrogen and oxygen atoms in total. The van der Waals surface area contributed by atoms with Crippen LogP contribution in [0.15, 0.2) is 5.51 Å². The Morgan fingerprint density at radius 3 is 2.42 bits per heavy atom. The zero-order valence-electron chi connectivity index (χ0n) is 8.09. The average Bonchev–Trinajstić information content (AvgIpc) is 2.31. The van der Waals surface area contributed by atoms with Crippen molar-refractivity contribution in [1.82, 2.24) is 4.98 Å². The Labute approximate surface area is 77.8 Å². The van der Waals surface area contributed by atoms with Crippen LogP contribution in [0.5, 0.6) is 0 Å². The molecule has 0 saturated heterocycles. The van der Waals surface area contributed by atoms with Crippen molar-refractivity contribution in [1.29, 1.82) is 0 Å². The molecule has 0 saturated carbocycles. The number of aromatic nitrogens is 1. The Hall–Kier alpha value is -0.410. The van der Waals surface area contributed by atoms with Crippen LogP contribution in [0.2, 0.25) is 0 Å². The predicted octanol–water partition coefficient (Wildman–Crippen LogP) is 2.50. The van der Waals surface area contributed by atoms with E-state index in [9.17, 15) is 0 Å². The van der Waals surface area contributed by atoms with Gasteiger partial charge >= 0.3 is 0 Å². The van der Waals surface area contributed by atoms with Crippen molar-refractivity contribution in [2.24, 2.45) is 11.1 Å². The first kappa shape index (κ1) is 9.68. The summed E-state index contributed by atoms with van der Waals surface area (Å²) in [4.78, 5) is 5.51. The molecular weight excluding hydrogens is 168 g/mol. The zero-order chi connectivity index (χ0) is 9.35. The van der Waals surface area contributed by atoms with Crippen molar-refractivity contribution < 1.29 is 0 Å². The van der Waals surface area contributed by atoms with Gasteiger partial charge in [0.1, 0.15) is 0 Å². The molecule has 1 rings (SSSR count). The highest BCUT2D eigenvalue weighted by molar-refractivity contribution is 7.09. The van der Waals surface area contributed by atoms with Crippen LogP contribution in [0, 0.1) is 12.3 Å². The highest BCUT2D eigenvalue weighted by Gasteiger charge is 2.25. The molecule has 0 aromatic carbocycles. The van der Waals surface area contributed by atoms with Crippen LogP contribution in [0.1, 0.15) is 37.4 Å². The van der Waals surface area contributed by atoms with Crippen molar-refractivity contribution in [3.8, 4) is 0 Å². The summed E-state index contributed by atoms with van der Waals surface area (Å²) < 4.78 is 0. The molecule has 1 atom stereocenters. The summed E-state index contributed by atoms with van der Waals surface area (Å²) in [6, 6.07) is 0.0451. The molecule has 3 heteroatoms. The number of nitrogens with two attached hydrogens (primary N) is 1. The van der Waals surface area contributed by atoms with Crippen molar-refractivity contribution in [3.05, 3.63) is 16.1 Å². The Kier molecular flexibility index (Phi) is 2.54. The average molecular weight is 184 g/mol. The minimum absolute atomic E-state index is 0.0451. The SMILES string of the molecule is Cc1scnc1C(N)C(C)(C)C. The van der Waals surface area contributed by atoms with E-state index < -0.39 is 0 Å². The smallest absolute Gasteiger partial charge is 0.0798 e. The van der Waals surface area contributed by atoms with Gasteiger partial charge in [0.25, 0.3) is 0 Å². The standard InChI is InChI=1S/C9H16N2S/c1-6-7(11-5-12-6)8(10)9(2,3)4/h5,8H,10H2,1-4H3. The molecule has 1 heterocycles. The minimum Gasteiger partial charge on any atom is -0.322 e. The van der Waals surface area contributed by atoms with E-state index in [1.165, 1.54) is 4.88 Å². The van der Waals surface area contributed by atoms with Crippen molar-refractivity contribution >= 4 is 11.3 Å². The van der Waals surface area contributed by atoms with Crippen LogP contribution < -0.4 is 5.73 Å². The van der Waals surface area contributed by atoms with Crippen LogP contribution in [-0.2, 0) is 0 Å². The fourth-order valence-corrected chi connectivity index (χ4v) is 1.65. The molecule has 12 heavy (non-hydrogen) atoms. The lowest BCUT2D eigenvalue weighted by Gasteiger charge is -2.26. The van der Waals surface area contributed by atoms with Gasteiger partial charge in [0.15, 0.2) is 0 Å². The molecule has 0 spiro atoms. The van der Waals surface area contributed by atoms with Crippen LogP contribution in [0.4, 0.5) is 0 Å². The van der Waals surface area contributed by atoms with Gasteiger partial charge in [0, 0.05) is 4.88 Å². The molecule has 0 amide bonds. The maximum atomic E-state index is 6.06. The molecular formula is C9H16N2S. The molecule has 0 aliphatic heterocycles. The number of rotatable bonds is 1. The maximum Gasteiger partial charge on any atom is 0.0798 e. The van der Waals surface area contributed by atoms with Gasteiger partial charge in [-0.15, -0.1) is 11.3 Å². The Bertz CT molecular complexity index is 260. The van der Waals surface area contributed by atoms with E-state index in [1.807, 2.05) is 5.51 Å². The fourth-order valence-electron chi connectivity index (χ4n) is 1.02. The van der Waals surface area contributed by atoms with Gasteiger partial charge in [0.2, 0.25) is 0 Å².